The number of nitrogens with one attached hydrogen (secondary N) is 1. The van der Waals surface area contributed by atoms with Gasteiger partial charge in [-0.3, -0.25) is 4.79 Å². The normalized spacial score (nSPS) is 17.4. The number of hydrogen-bond acceptors (Lipinski definition) is 6. The number of carbonyl (C=O) groups is 1. The van der Waals surface area contributed by atoms with E-state index in [0.29, 0.717) is 24.2 Å². The van der Waals surface area contributed by atoms with Crippen molar-refractivity contribution in [3.05, 3.63) is 0 Å². The molecular formula is C11H21NO4S2. The molecule has 1 aliphatic carbocycles. The van der Waals surface area contributed by atoms with Gasteiger partial charge in [0.1, 0.15) is 15.9 Å². The molecule has 0 aromatic heterocycles. The Balaban J connectivity index is 2.28. The molecule has 18 heavy (non-hydrogen) atoms. The Morgan fingerprint density at radius 1 is 1.50 bits per heavy atom. The molecule has 0 heterocycles. The zero-order chi connectivity index (χ0) is 13.6. The van der Waals surface area contributed by atoms with E-state index in [9.17, 15) is 13.2 Å². The van der Waals surface area contributed by atoms with Crippen LogP contribution >= 0.6 is 11.8 Å². The van der Waals surface area contributed by atoms with Gasteiger partial charge in [0, 0.05) is 23.8 Å². The van der Waals surface area contributed by atoms with Crippen molar-refractivity contribution in [1.82, 2.24) is 5.32 Å². The van der Waals surface area contributed by atoms with Crippen molar-refractivity contribution in [3.8, 4) is 0 Å². The predicted octanol–water partition coefficient (Wildman–Crippen LogP) is 0.448. The molecule has 5 nitrogen and oxygen atoms in total. The average Bonchev–Trinajstić information content (AvgIpc) is 3.05. The lowest BCUT2D eigenvalue weighted by atomic mass is 10.3. The number of rotatable bonds is 9. The van der Waals surface area contributed by atoms with E-state index in [1.54, 1.807) is 6.92 Å². The van der Waals surface area contributed by atoms with Gasteiger partial charge in [-0.1, -0.05) is 0 Å². The summed E-state index contributed by atoms with van der Waals surface area (Å²) in [7, 11) is -2.92. The SMILES string of the molecule is CCOC(=O)C(CSCCS(C)(=O)=O)NC1CC1. The lowest BCUT2D eigenvalue weighted by Crippen LogP contribution is -2.41. The third kappa shape index (κ3) is 7.23. The van der Waals surface area contributed by atoms with Crippen molar-refractivity contribution in [3.63, 3.8) is 0 Å². The Morgan fingerprint density at radius 3 is 2.67 bits per heavy atom. The first-order chi connectivity index (χ1) is 8.42. The summed E-state index contributed by atoms with van der Waals surface area (Å²) in [5.74, 6) is 0.985. The van der Waals surface area contributed by atoms with E-state index in [-0.39, 0.29) is 17.8 Å². The van der Waals surface area contributed by atoms with Crippen molar-refractivity contribution in [2.24, 2.45) is 0 Å². The van der Waals surface area contributed by atoms with Crippen molar-refractivity contribution in [2.75, 3.05) is 30.1 Å². The Kier molecular flexibility index (Phi) is 6.45. The van der Waals surface area contributed by atoms with Gasteiger partial charge in [0.05, 0.1) is 12.4 Å². The summed E-state index contributed by atoms with van der Waals surface area (Å²) in [5.41, 5.74) is 0. The summed E-state index contributed by atoms with van der Waals surface area (Å²) in [5, 5.41) is 3.23. The molecule has 1 rings (SSSR count). The van der Waals surface area contributed by atoms with Gasteiger partial charge in [-0.15, -0.1) is 0 Å². The highest BCUT2D eigenvalue weighted by Gasteiger charge is 2.29. The number of sulfone groups is 1. The lowest BCUT2D eigenvalue weighted by molar-refractivity contribution is -0.145. The molecule has 0 spiro atoms. The Hall–Kier alpha value is -0.270. The molecule has 0 radical (unpaired) electrons. The maximum atomic E-state index is 11.7. The highest BCUT2D eigenvalue weighted by atomic mass is 32.2. The van der Waals surface area contributed by atoms with E-state index in [1.165, 1.54) is 18.0 Å². The second-order valence-corrected chi connectivity index (χ2v) is 7.86. The minimum absolute atomic E-state index is 0.149. The van der Waals surface area contributed by atoms with Gasteiger partial charge in [0.25, 0.3) is 0 Å². The predicted molar refractivity (Wildman–Crippen MR) is 73.6 cm³/mol. The van der Waals surface area contributed by atoms with Crippen LogP contribution in [0.3, 0.4) is 0 Å². The maximum Gasteiger partial charge on any atom is 0.323 e. The monoisotopic (exact) mass is 295 g/mol. The topological polar surface area (TPSA) is 72.5 Å². The second kappa shape index (κ2) is 7.35. The third-order valence-electron chi connectivity index (χ3n) is 2.47. The molecule has 7 heteroatoms. The molecular weight excluding hydrogens is 274 g/mol. The molecule has 1 aliphatic rings. The number of ether oxygens (including phenoxy) is 1. The lowest BCUT2D eigenvalue weighted by Gasteiger charge is -2.16. The van der Waals surface area contributed by atoms with Gasteiger partial charge in [-0.25, -0.2) is 8.42 Å². The van der Waals surface area contributed by atoms with Crippen LogP contribution in [0, 0.1) is 0 Å². The summed E-state index contributed by atoms with van der Waals surface area (Å²) in [4.78, 5) is 11.7. The van der Waals surface area contributed by atoms with Crippen LogP contribution in [0.5, 0.6) is 0 Å². The van der Waals surface area contributed by atoms with E-state index in [1.807, 2.05) is 0 Å². The van der Waals surface area contributed by atoms with E-state index in [0.717, 1.165) is 12.8 Å². The van der Waals surface area contributed by atoms with Crippen molar-refractivity contribution < 1.29 is 17.9 Å². The van der Waals surface area contributed by atoms with Crippen molar-refractivity contribution in [1.29, 1.82) is 0 Å². The maximum absolute atomic E-state index is 11.7. The summed E-state index contributed by atoms with van der Waals surface area (Å²) < 4.78 is 27.0. The standard InChI is InChI=1S/C11H21NO4S2/c1-3-16-11(13)10(12-9-4-5-9)8-17-6-7-18(2,14)15/h9-10,12H,3-8H2,1-2H3. The first-order valence-electron chi connectivity index (χ1n) is 6.10. The Bertz CT molecular complexity index is 365. The number of esters is 1. The van der Waals surface area contributed by atoms with E-state index < -0.39 is 9.84 Å². The summed E-state index contributed by atoms with van der Waals surface area (Å²) in [6.07, 6.45) is 3.42. The zero-order valence-electron chi connectivity index (χ0n) is 10.8. The molecule has 1 unspecified atom stereocenters. The van der Waals surface area contributed by atoms with Crippen LogP contribution in [0.15, 0.2) is 0 Å². The van der Waals surface area contributed by atoms with Crippen LogP contribution in [0.1, 0.15) is 19.8 Å². The van der Waals surface area contributed by atoms with Crippen LogP contribution in [0.2, 0.25) is 0 Å². The van der Waals surface area contributed by atoms with Crippen LogP contribution in [0.25, 0.3) is 0 Å². The third-order valence-corrected chi connectivity index (χ3v) is 4.73. The number of hydrogen-bond donors (Lipinski definition) is 1. The van der Waals surface area contributed by atoms with Gasteiger partial charge in [0.2, 0.25) is 0 Å². The highest BCUT2D eigenvalue weighted by molar-refractivity contribution is 8.00. The molecule has 0 aromatic rings. The van der Waals surface area contributed by atoms with Crippen LogP contribution < -0.4 is 5.32 Å². The summed E-state index contributed by atoms with van der Waals surface area (Å²) in [6.45, 7) is 2.15. The summed E-state index contributed by atoms with van der Waals surface area (Å²) >= 11 is 1.47. The molecule has 0 saturated heterocycles. The van der Waals surface area contributed by atoms with Gasteiger partial charge in [-0.05, 0) is 19.8 Å². The van der Waals surface area contributed by atoms with Crippen LogP contribution in [-0.2, 0) is 19.4 Å². The molecule has 1 saturated carbocycles. The Morgan fingerprint density at radius 2 is 2.17 bits per heavy atom. The van der Waals surface area contributed by atoms with Gasteiger partial charge >= 0.3 is 5.97 Å². The molecule has 0 bridgehead atoms. The fraction of sp³-hybridized carbons (Fsp3) is 0.909. The molecule has 1 N–H and O–H groups in total. The average molecular weight is 295 g/mol. The zero-order valence-corrected chi connectivity index (χ0v) is 12.5. The first-order valence-corrected chi connectivity index (χ1v) is 9.32. The summed E-state index contributed by atoms with van der Waals surface area (Å²) in [6, 6.07) is 0.108. The molecule has 106 valence electrons. The minimum Gasteiger partial charge on any atom is -0.465 e. The highest BCUT2D eigenvalue weighted by Crippen LogP contribution is 2.20. The fourth-order valence-corrected chi connectivity index (χ4v) is 3.69. The molecule has 1 atom stereocenters. The Labute approximate surface area is 113 Å². The molecule has 0 aromatic carbocycles. The van der Waals surface area contributed by atoms with Crippen LogP contribution in [0.4, 0.5) is 0 Å². The van der Waals surface area contributed by atoms with Gasteiger partial charge in [0.15, 0.2) is 0 Å². The smallest absolute Gasteiger partial charge is 0.323 e. The van der Waals surface area contributed by atoms with Gasteiger partial charge in [-0.2, -0.15) is 11.8 Å². The fourth-order valence-electron chi connectivity index (χ4n) is 1.37. The van der Waals surface area contributed by atoms with E-state index in [2.05, 4.69) is 5.32 Å². The minimum atomic E-state index is -2.92. The second-order valence-electron chi connectivity index (χ2n) is 4.45. The van der Waals surface area contributed by atoms with Crippen LogP contribution in [-0.4, -0.2) is 56.6 Å². The largest absolute Gasteiger partial charge is 0.465 e. The van der Waals surface area contributed by atoms with E-state index >= 15 is 0 Å². The number of carbonyl (C=O) groups excluding carboxylic acids is 1. The van der Waals surface area contributed by atoms with Gasteiger partial charge < -0.3 is 10.1 Å². The van der Waals surface area contributed by atoms with Crippen molar-refractivity contribution >= 4 is 27.6 Å². The first kappa shape index (κ1) is 15.8. The van der Waals surface area contributed by atoms with E-state index in [4.69, 9.17) is 4.74 Å². The molecule has 0 aliphatic heterocycles. The van der Waals surface area contributed by atoms with Crippen molar-refractivity contribution in [2.45, 2.75) is 31.8 Å². The molecule has 0 amide bonds. The molecule has 1 fully saturated rings. The quantitative estimate of drug-likeness (QED) is 0.492. The number of thioether (sulfide) groups is 1.